The molecule has 2 atom stereocenters. The summed E-state index contributed by atoms with van der Waals surface area (Å²) in [6.07, 6.45) is 3.66. The van der Waals surface area contributed by atoms with Crippen LogP contribution >= 0.6 is 0 Å². The van der Waals surface area contributed by atoms with Crippen molar-refractivity contribution in [2.24, 2.45) is 5.73 Å². The van der Waals surface area contributed by atoms with Crippen LogP contribution in [0.5, 0.6) is 0 Å². The van der Waals surface area contributed by atoms with Crippen molar-refractivity contribution in [2.45, 2.75) is 26.0 Å². The highest BCUT2D eigenvalue weighted by atomic mass is 16.5. The molecule has 0 bridgehead atoms. The van der Waals surface area contributed by atoms with Crippen molar-refractivity contribution in [1.29, 1.82) is 0 Å². The first-order chi connectivity index (χ1) is 8.24. The maximum Gasteiger partial charge on any atom is 0.0739 e. The largest absolute Gasteiger partial charge is 0.377 e. The first kappa shape index (κ1) is 12.0. The van der Waals surface area contributed by atoms with E-state index in [4.69, 9.17) is 10.5 Å². The van der Waals surface area contributed by atoms with Crippen molar-refractivity contribution >= 4 is 10.8 Å². The average Bonchev–Trinajstić information content (AvgIpc) is 2.37. The van der Waals surface area contributed by atoms with E-state index in [1.165, 1.54) is 0 Å². The van der Waals surface area contributed by atoms with Crippen LogP contribution in [0.15, 0.2) is 36.7 Å². The molecule has 2 aromatic rings. The maximum absolute atomic E-state index is 6.24. The highest BCUT2D eigenvalue weighted by Gasteiger charge is 2.17. The summed E-state index contributed by atoms with van der Waals surface area (Å²) in [5.41, 5.74) is 7.33. The summed E-state index contributed by atoms with van der Waals surface area (Å²) >= 11 is 0. The average molecular weight is 230 g/mol. The van der Waals surface area contributed by atoms with Gasteiger partial charge in [0.2, 0.25) is 0 Å². The van der Waals surface area contributed by atoms with Gasteiger partial charge in [0.15, 0.2) is 0 Å². The summed E-state index contributed by atoms with van der Waals surface area (Å²) in [7, 11) is 0. The third-order valence-electron chi connectivity index (χ3n) is 3.01. The Bertz CT molecular complexity index is 493. The van der Waals surface area contributed by atoms with E-state index in [9.17, 15) is 0 Å². The van der Waals surface area contributed by atoms with Crippen molar-refractivity contribution in [3.8, 4) is 0 Å². The molecule has 0 amide bonds. The fourth-order valence-corrected chi connectivity index (χ4v) is 2.05. The lowest BCUT2D eigenvalue weighted by Crippen LogP contribution is -2.26. The van der Waals surface area contributed by atoms with E-state index in [1.54, 1.807) is 6.20 Å². The number of fused-ring (bicyclic) bond motifs is 1. The molecular formula is C14H18N2O. The predicted molar refractivity (Wildman–Crippen MR) is 69.8 cm³/mol. The van der Waals surface area contributed by atoms with E-state index in [0.717, 1.165) is 16.3 Å². The second-order valence-electron chi connectivity index (χ2n) is 4.13. The van der Waals surface area contributed by atoms with Gasteiger partial charge in [0.25, 0.3) is 0 Å². The molecule has 0 fully saturated rings. The van der Waals surface area contributed by atoms with Crippen molar-refractivity contribution in [3.63, 3.8) is 0 Å². The Morgan fingerprint density at radius 3 is 2.94 bits per heavy atom. The molecule has 2 N–H and O–H groups in total. The van der Waals surface area contributed by atoms with Crippen LogP contribution in [-0.2, 0) is 4.74 Å². The Hall–Kier alpha value is -1.45. The van der Waals surface area contributed by atoms with Gasteiger partial charge in [-0.1, -0.05) is 18.2 Å². The van der Waals surface area contributed by atoms with E-state index in [2.05, 4.69) is 11.1 Å². The van der Waals surface area contributed by atoms with E-state index in [1.807, 2.05) is 38.2 Å². The summed E-state index contributed by atoms with van der Waals surface area (Å²) < 4.78 is 5.56. The number of aromatic nitrogens is 1. The van der Waals surface area contributed by atoms with Gasteiger partial charge in [-0.2, -0.15) is 0 Å². The van der Waals surface area contributed by atoms with Crippen LogP contribution in [-0.4, -0.2) is 17.7 Å². The molecule has 3 nitrogen and oxygen atoms in total. The highest BCUT2D eigenvalue weighted by Crippen LogP contribution is 2.25. The minimum atomic E-state index is -0.122. The Morgan fingerprint density at radius 2 is 2.18 bits per heavy atom. The highest BCUT2D eigenvalue weighted by molar-refractivity contribution is 5.85. The maximum atomic E-state index is 6.24. The van der Waals surface area contributed by atoms with Crippen LogP contribution in [0, 0.1) is 0 Å². The van der Waals surface area contributed by atoms with Gasteiger partial charge in [-0.25, -0.2) is 0 Å². The number of ether oxygens (including phenoxy) is 1. The van der Waals surface area contributed by atoms with Crippen molar-refractivity contribution in [2.75, 3.05) is 6.61 Å². The summed E-state index contributed by atoms with van der Waals surface area (Å²) in [6.45, 7) is 4.66. The van der Waals surface area contributed by atoms with Gasteiger partial charge in [0.05, 0.1) is 12.1 Å². The molecule has 2 unspecified atom stereocenters. The lowest BCUT2D eigenvalue weighted by Gasteiger charge is -2.21. The zero-order chi connectivity index (χ0) is 12.3. The number of pyridine rings is 1. The van der Waals surface area contributed by atoms with E-state index in [-0.39, 0.29) is 12.1 Å². The first-order valence-electron chi connectivity index (χ1n) is 5.94. The molecule has 0 aliphatic heterocycles. The van der Waals surface area contributed by atoms with Gasteiger partial charge in [0, 0.05) is 24.4 Å². The molecule has 0 aliphatic rings. The zero-order valence-electron chi connectivity index (χ0n) is 10.3. The standard InChI is InChI=1S/C14H18N2O/c1-3-17-10(2)14(15)12-6-4-5-11-7-8-16-9-13(11)12/h4-10,14H,3,15H2,1-2H3. The van der Waals surface area contributed by atoms with Crippen molar-refractivity contribution in [1.82, 2.24) is 4.98 Å². The summed E-state index contributed by atoms with van der Waals surface area (Å²) in [6, 6.07) is 8.01. The van der Waals surface area contributed by atoms with E-state index in [0.29, 0.717) is 6.61 Å². The molecule has 17 heavy (non-hydrogen) atoms. The zero-order valence-corrected chi connectivity index (χ0v) is 10.3. The summed E-state index contributed by atoms with van der Waals surface area (Å²) in [4.78, 5) is 4.16. The monoisotopic (exact) mass is 230 g/mol. The lowest BCUT2D eigenvalue weighted by molar-refractivity contribution is 0.0578. The molecule has 0 radical (unpaired) electrons. The third-order valence-corrected chi connectivity index (χ3v) is 3.01. The second-order valence-corrected chi connectivity index (χ2v) is 4.13. The number of rotatable bonds is 4. The predicted octanol–water partition coefficient (Wildman–Crippen LogP) is 2.66. The van der Waals surface area contributed by atoms with Crippen LogP contribution in [0.3, 0.4) is 0 Å². The minimum absolute atomic E-state index is 0.00538. The lowest BCUT2D eigenvalue weighted by atomic mass is 9.98. The molecule has 1 aromatic heterocycles. The number of nitrogens with zero attached hydrogens (tertiary/aromatic N) is 1. The molecular weight excluding hydrogens is 212 g/mol. The van der Waals surface area contributed by atoms with Crippen LogP contribution in [0.1, 0.15) is 25.5 Å². The van der Waals surface area contributed by atoms with Crippen molar-refractivity contribution in [3.05, 3.63) is 42.2 Å². The molecule has 1 heterocycles. The summed E-state index contributed by atoms with van der Waals surface area (Å²) in [5.74, 6) is 0. The van der Waals surface area contributed by atoms with Crippen LogP contribution in [0.25, 0.3) is 10.8 Å². The Labute approximate surface area is 102 Å². The van der Waals surface area contributed by atoms with Crippen molar-refractivity contribution < 1.29 is 4.74 Å². The van der Waals surface area contributed by atoms with Gasteiger partial charge in [-0.3, -0.25) is 4.98 Å². The SMILES string of the molecule is CCOC(C)C(N)c1cccc2ccncc12. The number of hydrogen-bond donors (Lipinski definition) is 1. The smallest absolute Gasteiger partial charge is 0.0739 e. The van der Waals surface area contributed by atoms with Crippen LogP contribution < -0.4 is 5.73 Å². The number of hydrogen-bond acceptors (Lipinski definition) is 3. The molecule has 0 saturated carbocycles. The Balaban J connectivity index is 2.41. The molecule has 0 aliphatic carbocycles. The number of nitrogens with two attached hydrogens (primary N) is 1. The van der Waals surface area contributed by atoms with E-state index < -0.39 is 0 Å². The molecule has 90 valence electrons. The number of benzene rings is 1. The fourth-order valence-electron chi connectivity index (χ4n) is 2.05. The quantitative estimate of drug-likeness (QED) is 0.878. The van der Waals surface area contributed by atoms with Gasteiger partial charge in [-0.15, -0.1) is 0 Å². The van der Waals surface area contributed by atoms with Gasteiger partial charge in [0.1, 0.15) is 0 Å². The topological polar surface area (TPSA) is 48.1 Å². The normalized spacial score (nSPS) is 14.8. The molecule has 1 aromatic carbocycles. The van der Waals surface area contributed by atoms with Gasteiger partial charge < -0.3 is 10.5 Å². The summed E-state index contributed by atoms with van der Waals surface area (Å²) in [5, 5.41) is 2.27. The second kappa shape index (κ2) is 5.25. The third kappa shape index (κ3) is 2.46. The Morgan fingerprint density at radius 1 is 1.35 bits per heavy atom. The molecule has 2 rings (SSSR count). The fraction of sp³-hybridized carbons (Fsp3) is 0.357. The van der Waals surface area contributed by atoms with Gasteiger partial charge >= 0.3 is 0 Å². The van der Waals surface area contributed by atoms with Gasteiger partial charge in [-0.05, 0) is 30.9 Å². The van der Waals surface area contributed by atoms with E-state index >= 15 is 0 Å². The van der Waals surface area contributed by atoms with Crippen LogP contribution in [0.4, 0.5) is 0 Å². The molecule has 3 heteroatoms. The Kier molecular flexibility index (Phi) is 3.71. The minimum Gasteiger partial charge on any atom is -0.377 e. The first-order valence-corrected chi connectivity index (χ1v) is 5.94. The molecule has 0 saturated heterocycles. The molecule has 0 spiro atoms. The van der Waals surface area contributed by atoms with Crippen LogP contribution in [0.2, 0.25) is 0 Å².